The summed E-state index contributed by atoms with van der Waals surface area (Å²) < 4.78 is 6.90. The lowest BCUT2D eigenvalue weighted by atomic mass is 9.92. The maximum absolute atomic E-state index is 14.2. The molecule has 3 aromatic carbocycles. The normalized spacial score (nSPS) is 12.8. The van der Waals surface area contributed by atoms with Crippen molar-refractivity contribution >= 4 is 17.3 Å². The number of methoxy groups -OCH3 is 1. The summed E-state index contributed by atoms with van der Waals surface area (Å²) >= 11 is 0. The third-order valence-electron chi connectivity index (χ3n) is 6.47. The zero-order chi connectivity index (χ0) is 25.2. The molecule has 3 heterocycles. The Balaban J connectivity index is 1.56. The van der Waals surface area contributed by atoms with Gasteiger partial charge in [0, 0.05) is 29.4 Å². The molecule has 0 atom stereocenters. The molecule has 0 fully saturated rings. The molecule has 0 bridgehead atoms. The first kappa shape index (κ1) is 22.5. The third-order valence-corrected chi connectivity index (χ3v) is 6.47. The number of anilines is 1. The SMILES string of the molecule is COc1ccc(C2=C(Nc3ccccn3)Cc3c(-c4ccccc4)c(-c4ccccc4)nn3C2=O)cc1. The number of fused-ring (bicyclic) bond motifs is 1. The fourth-order valence-electron chi connectivity index (χ4n) is 4.73. The third kappa shape index (κ3) is 4.19. The minimum absolute atomic E-state index is 0.191. The summed E-state index contributed by atoms with van der Waals surface area (Å²) in [6.07, 6.45) is 2.21. The van der Waals surface area contributed by atoms with E-state index in [-0.39, 0.29) is 5.91 Å². The number of allylic oxidation sites excluding steroid dienone is 2. The molecule has 6 nitrogen and oxygen atoms in total. The van der Waals surface area contributed by atoms with Gasteiger partial charge in [-0.3, -0.25) is 4.79 Å². The van der Waals surface area contributed by atoms with Gasteiger partial charge >= 0.3 is 0 Å². The van der Waals surface area contributed by atoms with Crippen molar-refractivity contribution in [3.63, 3.8) is 0 Å². The molecule has 0 amide bonds. The first-order valence-electron chi connectivity index (χ1n) is 12.1. The van der Waals surface area contributed by atoms with Crippen LogP contribution in [0.1, 0.15) is 16.1 Å². The number of hydrogen-bond donors (Lipinski definition) is 1. The molecule has 37 heavy (non-hydrogen) atoms. The number of nitrogens with one attached hydrogen (secondary N) is 1. The monoisotopic (exact) mass is 484 g/mol. The number of hydrogen-bond acceptors (Lipinski definition) is 5. The van der Waals surface area contributed by atoms with Gasteiger partial charge in [0.1, 0.15) is 17.3 Å². The minimum Gasteiger partial charge on any atom is -0.497 e. The van der Waals surface area contributed by atoms with Crippen molar-refractivity contribution in [3.8, 4) is 28.1 Å². The van der Waals surface area contributed by atoms with Crippen LogP contribution in [0.15, 0.2) is 115 Å². The Morgan fingerprint density at radius 3 is 2.11 bits per heavy atom. The van der Waals surface area contributed by atoms with E-state index in [0.717, 1.165) is 45.1 Å². The van der Waals surface area contributed by atoms with Crippen LogP contribution in [0, 0.1) is 0 Å². The number of nitrogens with zero attached hydrogens (tertiary/aromatic N) is 3. The van der Waals surface area contributed by atoms with E-state index in [9.17, 15) is 4.79 Å². The van der Waals surface area contributed by atoms with Gasteiger partial charge in [-0.15, -0.1) is 0 Å². The van der Waals surface area contributed by atoms with E-state index in [1.165, 1.54) is 0 Å². The van der Waals surface area contributed by atoms with Gasteiger partial charge in [0.2, 0.25) is 0 Å². The van der Waals surface area contributed by atoms with Crippen LogP contribution >= 0.6 is 0 Å². The van der Waals surface area contributed by atoms with Crippen LogP contribution in [0.3, 0.4) is 0 Å². The quantitative estimate of drug-likeness (QED) is 0.305. The second-order valence-electron chi connectivity index (χ2n) is 8.72. The smallest absolute Gasteiger partial charge is 0.280 e. The second kappa shape index (κ2) is 9.59. The van der Waals surface area contributed by atoms with E-state index < -0.39 is 0 Å². The molecule has 180 valence electrons. The van der Waals surface area contributed by atoms with Gasteiger partial charge in [-0.05, 0) is 35.4 Å². The number of rotatable bonds is 6. The largest absolute Gasteiger partial charge is 0.497 e. The Hall–Kier alpha value is -4.97. The molecule has 0 saturated heterocycles. The highest BCUT2D eigenvalue weighted by Crippen LogP contribution is 2.40. The Bertz CT molecular complexity index is 1590. The van der Waals surface area contributed by atoms with E-state index in [1.807, 2.05) is 91.0 Å². The molecule has 1 aliphatic rings. The van der Waals surface area contributed by atoms with Crippen LogP contribution in [0.2, 0.25) is 0 Å². The molecule has 0 radical (unpaired) electrons. The predicted molar refractivity (Wildman–Crippen MR) is 145 cm³/mol. The number of benzene rings is 3. The highest BCUT2D eigenvalue weighted by atomic mass is 16.5. The Morgan fingerprint density at radius 1 is 0.784 bits per heavy atom. The van der Waals surface area contributed by atoms with Crippen LogP contribution in [0.4, 0.5) is 5.82 Å². The highest BCUT2D eigenvalue weighted by Gasteiger charge is 2.33. The number of pyridine rings is 1. The molecule has 0 saturated carbocycles. The molecule has 0 spiro atoms. The van der Waals surface area contributed by atoms with Crippen LogP contribution in [0.5, 0.6) is 5.75 Å². The summed E-state index contributed by atoms with van der Waals surface area (Å²) in [6.45, 7) is 0. The highest BCUT2D eigenvalue weighted by molar-refractivity contribution is 6.23. The van der Waals surface area contributed by atoms with E-state index >= 15 is 0 Å². The molecular weight excluding hydrogens is 460 g/mol. The van der Waals surface area contributed by atoms with Gasteiger partial charge in [0.25, 0.3) is 5.91 Å². The van der Waals surface area contributed by atoms with Gasteiger partial charge in [-0.2, -0.15) is 9.78 Å². The average Bonchev–Trinajstić information content (AvgIpc) is 3.35. The lowest BCUT2D eigenvalue weighted by molar-refractivity contribution is 0.0958. The second-order valence-corrected chi connectivity index (χ2v) is 8.72. The number of carbonyl (C=O) groups is 1. The van der Waals surface area contributed by atoms with Gasteiger partial charge < -0.3 is 10.1 Å². The number of carbonyl (C=O) groups excluding carboxylic acids is 1. The first-order valence-corrected chi connectivity index (χ1v) is 12.1. The fraction of sp³-hybridized carbons (Fsp3) is 0.0645. The van der Waals surface area contributed by atoms with E-state index in [0.29, 0.717) is 17.8 Å². The minimum atomic E-state index is -0.191. The van der Waals surface area contributed by atoms with Crippen molar-refractivity contribution in [2.45, 2.75) is 6.42 Å². The number of ether oxygens (including phenoxy) is 1. The number of aromatic nitrogens is 3. The average molecular weight is 485 g/mol. The molecule has 0 unspecified atom stereocenters. The maximum atomic E-state index is 14.2. The molecule has 1 aliphatic heterocycles. The molecule has 6 rings (SSSR count). The van der Waals surface area contributed by atoms with E-state index in [4.69, 9.17) is 9.84 Å². The van der Waals surface area contributed by atoms with Crippen LogP contribution in [-0.2, 0) is 6.42 Å². The van der Waals surface area contributed by atoms with Gasteiger partial charge in [-0.25, -0.2) is 4.98 Å². The van der Waals surface area contributed by atoms with Crippen molar-refractivity contribution in [2.75, 3.05) is 12.4 Å². The van der Waals surface area contributed by atoms with Crippen molar-refractivity contribution in [1.29, 1.82) is 0 Å². The van der Waals surface area contributed by atoms with Crippen molar-refractivity contribution in [1.82, 2.24) is 14.8 Å². The molecule has 1 N–H and O–H groups in total. The summed E-state index contributed by atoms with van der Waals surface area (Å²) in [5.41, 5.74) is 6.67. The van der Waals surface area contributed by atoms with Crippen molar-refractivity contribution < 1.29 is 9.53 Å². The molecule has 6 heteroatoms. The summed E-state index contributed by atoms with van der Waals surface area (Å²) in [7, 11) is 1.63. The lowest BCUT2D eigenvalue weighted by Crippen LogP contribution is -2.26. The summed E-state index contributed by atoms with van der Waals surface area (Å²) in [5.74, 6) is 1.21. The zero-order valence-corrected chi connectivity index (χ0v) is 20.3. The maximum Gasteiger partial charge on any atom is 0.280 e. The lowest BCUT2D eigenvalue weighted by Gasteiger charge is -2.23. The molecule has 5 aromatic rings. The Kier molecular flexibility index (Phi) is 5.83. The predicted octanol–water partition coefficient (Wildman–Crippen LogP) is 6.34. The van der Waals surface area contributed by atoms with Gasteiger partial charge in [-0.1, -0.05) is 78.9 Å². The zero-order valence-electron chi connectivity index (χ0n) is 20.3. The van der Waals surface area contributed by atoms with E-state index in [1.54, 1.807) is 18.0 Å². The summed E-state index contributed by atoms with van der Waals surface area (Å²) in [6, 6.07) is 33.3. The molecule has 2 aromatic heterocycles. The molecular formula is C31H24N4O2. The fourth-order valence-corrected chi connectivity index (χ4v) is 4.73. The van der Waals surface area contributed by atoms with Crippen molar-refractivity contribution in [2.24, 2.45) is 0 Å². The van der Waals surface area contributed by atoms with Crippen LogP contribution in [-0.4, -0.2) is 27.8 Å². The summed E-state index contributed by atoms with van der Waals surface area (Å²) in [5, 5.41) is 8.33. The molecule has 0 aliphatic carbocycles. The van der Waals surface area contributed by atoms with Crippen LogP contribution in [0.25, 0.3) is 28.0 Å². The Morgan fingerprint density at radius 2 is 1.46 bits per heavy atom. The first-order chi connectivity index (χ1) is 18.2. The van der Waals surface area contributed by atoms with E-state index in [2.05, 4.69) is 22.4 Å². The Labute approximate surface area is 214 Å². The van der Waals surface area contributed by atoms with Crippen molar-refractivity contribution in [3.05, 3.63) is 126 Å². The van der Waals surface area contributed by atoms with Gasteiger partial charge in [0.05, 0.1) is 18.4 Å². The summed E-state index contributed by atoms with van der Waals surface area (Å²) in [4.78, 5) is 18.6. The van der Waals surface area contributed by atoms with Gasteiger partial charge in [0.15, 0.2) is 0 Å². The topological polar surface area (TPSA) is 69.0 Å². The van der Waals surface area contributed by atoms with Crippen LogP contribution < -0.4 is 10.1 Å². The standard InChI is InChI=1S/C31H24N4O2/c1-37-24-17-15-22(16-18-24)28-25(33-27-14-8-9-19-32-27)20-26-29(21-10-4-2-5-11-21)30(34-35(26)31(28)36)23-12-6-3-7-13-23/h2-19H,20H2,1H3,(H,32,33).